The monoisotopic (exact) mass is 371 g/mol. The minimum absolute atomic E-state index is 0.576. The van der Waals surface area contributed by atoms with Crippen LogP contribution in [0.5, 0.6) is 0 Å². The van der Waals surface area contributed by atoms with Crippen LogP contribution in [0.15, 0.2) is 54.4 Å². The van der Waals surface area contributed by atoms with Crippen LogP contribution in [-0.2, 0) is 0 Å². The van der Waals surface area contributed by atoms with Crippen molar-refractivity contribution in [1.82, 2.24) is 10.3 Å². The van der Waals surface area contributed by atoms with Gasteiger partial charge in [0.2, 0.25) is 0 Å². The van der Waals surface area contributed by atoms with Crippen molar-refractivity contribution >= 4 is 33.8 Å². The summed E-state index contributed by atoms with van der Waals surface area (Å²) in [6, 6.07) is 0. The Bertz CT molecular complexity index is 690. The summed E-state index contributed by atoms with van der Waals surface area (Å²) in [4.78, 5) is 5.92. The van der Waals surface area contributed by atoms with Crippen molar-refractivity contribution in [3.8, 4) is 0 Å². The molecule has 0 aromatic carbocycles. The zero-order valence-electron chi connectivity index (χ0n) is 14.4. The van der Waals surface area contributed by atoms with Gasteiger partial charge in [0.25, 0.3) is 0 Å². The lowest BCUT2D eigenvalue weighted by atomic mass is 9.90. The zero-order chi connectivity index (χ0) is 17.3. The first-order valence-electron chi connectivity index (χ1n) is 9.07. The molecule has 1 heterocycles. The fourth-order valence-electron chi connectivity index (χ4n) is 3.18. The smallest absolute Gasteiger partial charge is 0.189 e. The molecule has 0 bridgehead atoms. The average Bonchev–Trinajstić information content (AvgIpc) is 2.97. The van der Waals surface area contributed by atoms with E-state index in [1.54, 1.807) is 11.3 Å². The molecule has 0 radical (unpaired) electrons. The molecule has 5 heteroatoms. The lowest BCUT2D eigenvalue weighted by Crippen LogP contribution is -2.27. The molecular formula is C20H25N3S2. The van der Waals surface area contributed by atoms with Crippen LogP contribution in [-0.4, -0.2) is 10.1 Å². The first-order chi connectivity index (χ1) is 12.3. The van der Waals surface area contributed by atoms with Gasteiger partial charge in [0.15, 0.2) is 10.2 Å². The van der Waals surface area contributed by atoms with E-state index in [1.807, 2.05) is 48.7 Å². The van der Waals surface area contributed by atoms with Crippen LogP contribution >= 0.6 is 23.6 Å². The van der Waals surface area contributed by atoms with E-state index < -0.39 is 0 Å². The summed E-state index contributed by atoms with van der Waals surface area (Å²) in [5.41, 5.74) is 0.954. The maximum atomic E-state index is 5.43. The summed E-state index contributed by atoms with van der Waals surface area (Å²) in [6.07, 6.45) is 25.4. The van der Waals surface area contributed by atoms with Crippen molar-refractivity contribution in [3.63, 3.8) is 0 Å². The Labute approximate surface area is 159 Å². The number of nitrogens with one attached hydrogen (secondary N) is 2. The van der Waals surface area contributed by atoms with Gasteiger partial charge in [-0.25, -0.2) is 4.98 Å². The second-order valence-electron chi connectivity index (χ2n) is 6.44. The number of anilines is 1. The molecule has 1 saturated carbocycles. The number of allylic oxidation sites excluding steroid dienone is 7. The van der Waals surface area contributed by atoms with E-state index in [0.717, 1.165) is 10.8 Å². The molecule has 2 aliphatic carbocycles. The molecule has 0 aliphatic heterocycles. The molecule has 1 aromatic heterocycles. The van der Waals surface area contributed by atoms with E-state index in [-0.39, 0.29) is 0 Å². The van der Waals surface area contributed by atoms with E-state index in [9.17, 15) is 0 Å². The third kappa shape index (κ3) is 5.94. The molecule has 0 spiro atoms. The van der Waals surface area contributed by atoms with Gasteiger partial charge < -0.3 is 10.6 Å². The summed E-state index contributed by atoms with van der Waals surface area (Å²) in [6.45, 7) is 0. The first-order valence-corrected chi connectivity index (χ1v) is 10.3. The van der Waals surface area contributed by atoms with Crippen LogP contribution < -0.4 is 10.6 Å². The second-order valence-corrected chi connectivity index (χ2v) is 7.91. The molecule has 1 fully saturated rings. The molecule has 3 nitrogen and oxygen atoms in total. The minimum atomic E-state index is 0.576. The number of hydrogen-bond donors (Lipinski definition) is 2. The average molecular weight is 372 g/mol. The van der Waals surface area contributed by atoms with Crippen molar-refractivity contribution < 1.29 is 0 Å². The molecule has 25 heavy (non-hydrogen) atoms. The maximum absolute atomic E-state index is 5.43. The third-order valence-corrected chi connectivity index (χ3v) is 5.78. The highest BCUT2D eigenvalue weighted by molar-refractivity contribution is 7.80. The van der Waals surface area contributed by atoms with Gasteiger partial charge >= 0.3 is 0 Å². The summed E-state index contributed by atoms with van der Waals surface area (Å²) in [5.74, 6) is 0.669. The Hall–Kier alpha value is -1.72. The lowest BCUT2D eigenvalue weighted by Gasteiger charge is -2.17. The standard InChI is InChI=1S/C20H25N3S2/c24-19(22-17-13-9-5-2-6-10-14-17)23-20-21-15-18(25-20)16-11-7-3-1-4-8-12-16/h2,5-6,9-10,13-16H,1,3-4,7-8,11-12H2,(H2,21,22,23,24)/b5-2-,6-2?,9-5?,10-6-,13-9-,14-10?,17-13?,17-14+. The van der Waals surface area contributed by atoms with Gasteiger partial charge in [-0.3, -0.25) is 0 Å². The molecule has 1 aromatic rings. The van der Waals surface area contributed by atoms with Crippen LogP contribution in [0.1, 0.15) is 55.7 Å². The fraction of sp³-hybridized carbons (Fsp3) is 0.400. The first kappa shape index (κ1) is 18.1. The minimum Gasteiger partial charge on any atom is -0.332 e. The Balaban J connectivity index is 1.56. The Morgan fingerprint density at radius 2 is 1.68 bits per heavy atom. The van der Waals surface area contributed by atoms with Gasteiger partial charge in [0.1, 0.15) is 0 Å². The Morgan fingerprint density at radius 1 is 0.960 bits per heavy atom. The van der Waals surface area contributed by atoms with E-state index in [4.69, 9.17) is 12.2 Å². The second kappa shape index (κ2) is 9.68. The molecule has 0 atom stereocenters. The van der Waals surface area contributed by atoms with Crippen LogP contribution in [0.3, 0.4) is 0 Å². The van der Waals surface area contributed by atoms with Gasteiger partial charge in [0, 0.05) is 16.8 Å². The van der Waals surface area contributed by atoms with Crippen LogP contribution in [0.2, 0.25) is 0 Å². The fourth-order valence-corrected chi connectivity index (χ4v) is 4.45. The quantitative estimate of drug-likeness (QED) is 0.656. The van der Waals surface area contributed by atoms with E-state index >= 15 is 0 Å². The summed E-state index contributed by atoms with van der Waals surface area (Å²) >= 11 is 7.17. The highest BCUT2D eigenvalue weighted by Gasteiger charge is 2.16. The molecule has 0 unspecified atom stereocenters. The molecule has 3 rings (SSSR count). The number of nitrogens with zero attached hydrogens (tertiary/aromatic N) is 1. The number of thiazole rings is 1. The van der Waals surface area contributed by atoms with Crippen LogP contribution in [0.4, 0.5) is 5.13 Å². The Morgan fingerprint density at radius 3 is 2.52 bits per heavy atom. The van der Waals surface area contributed by atoms with E-state index in [0.29, 0.717) is 11.0 Å². The van der Waals surface area contributed by atoms with Crippen molar-refractivity contribution in [2.24, 2.45) is 0 Å². The zero-order valence-corrected chi connectivity index (χ0v) is 16.0. The number of thiocarbonyl (C=S) groups is 1. The number of rotatable bonds is 3. The number of hydrogen-bond acceptors (Lipinski definition) is 3. The molecule has 2 aliphatic rings. The third-order valence-electron chi connectivity index (χ3n) is 4.51. The summed E-state index contributed by atoms with van der Waals surface area (Å²) < 4.78 is 0. The molecular weight excluding hydrogens is 346 g/mol. The molecule has 2 N–H and O–H groups in total. The highest BCUT2D eigenvalue weighted by atomic mass is 32.1. The van der Waals surface area contributed by atoms with Crippen LogP contribution in [0.25, 0.3) is 0 Å². The SMILES string of the molecule is S=C(NC1=C/C=C\C=C/C=C\1)Nc1ncc(C2CCCCCCC2)s1. The van der Waals surface area contributed by atoms with Gasteiger partial charge in [-0.05, 0) is 43.1 Å². The maximum Gasteiger partial charge on any atom is 0.189 e. The molecule has 0 amide bonds. The van der Waals surface area contributed by atoms with Crippen molar-refractivity contribution in [2.45, 2.75) is 50.9 Å². The molecule has 132 valence electrons. The Kier molecular flexibility index (Phi) is 7.00. The van der Waals surface area contributed by atoms with Gasteiger partial charge in [-0.2, -0.15) is 0 Å². The topological polar surface area (TPSA) is 37.0 Å². The number of aromatic nitrogens is 1. The largest absolute Gasteiger partial charge is 0.332 e. The predicted octanol–water partition coefficient (Wildman–Crippen LogP) is 5.82. The van der Waals surface area contributed by atoms with Crippen molar-refractivity contribution in [1.29, 1.82) is 0 Å². The van der Waals surface area contributed by atoms with Crippen LogP contribution in [0, 0.1) is 0 Å². The summed E-state index contributed by atoms with van der Waals surface area (Å²) in [5, 5.41) is 7.89. The van der Waals surface area contributed by atoms with Gasteiger partial charge in [-0.15, -0.1) is 11.3 Å². The molecule has 0 saturated heterocycles. The van der Waals surface area contributed by atoms with Gasteiger partial charge in [0.05, 0.1) is 0 Å². The van der Waals surface area contributed by atoms with Crippen molar-refractivity contribution in [2.75, 3.05) is 5.32 Å². The lowest BCUT2D eigenvalue weighted by molar-refractivity contribution is 0.459. The van der Waals surface area contributed by atoms with E-state index in [2.05, 4.69) is 15.6 Å². The predicted molar refractivity (Wildman–Crippen MR) is 112 cm³/mol. The van der Waals surface area contributed by atoms with Gasteiger partial charge in [-0.1, -0.05) is 62.5 Å². The highest BCUT2D eigenvalue weighted by Crippen LogP contribution is 2.35. The van der Waals surface area contributed by atoms with E-state index in [1.165, 1.54) is 49.8 Å². The van der Waals surface area contributed by atoms with Crippen molar-refractivity contribution in [3.05, 3.63) is 59.3 Å². The summed E-state index contributed by atoms with van der Waals surface area (Å²) in [7, 11) is 0. The normalized spacial score (nSPS) is 24.6.